The van der Waals surface area contributed by atoms with E-state index in [4.69, 9.17) is 34.0 Å². The van der Waals surface area contributed by atoms with Gasteiger partial charge in [-0.25, -0.2) is 9.97 Å². The largest absolute Gasteiger partial charge is 0.395 e. The average molecular weight is 594 g/mol. The molecule has 1 aromatic heterocycles. The Labute approximate surface area is 245 Å². The van der Waals surface area contributed by atoms with Gasteiger partial charge in [0.15, 0.2) is 22.5 Å². The number of amides is 1. The molecule has 2 aliphatic rings. The molecule has 1 amide bonds. The van der Waals surface area contributed by atoms with Crippen molar-refractivity contribution in [2.75, 3.05) is 69.7 Å². The molecule has 0 saturated carbocycles. The molecule has 1 aromatic carbocycles. The molecule has 0 bridgehead atoms. The number of nitrogens with two attached hydrogens (primary N) is 1. The summed E-state index contributed by atoms with van der Waals surface area (Å²) in [6, 6.07) is 8.27. The van der Waals surface area contributed by atoms with Crippen LogP contribution in [0.25, 0.3) is 0 Å². The standard InChI is InChI=1S/C27H38Cl2N8O3/c1-31-9-6-21-16-36(26-24(29)33-23(25(30)34-26)27(40)32-10-15-38)13-14-37(21)20-7-11-35(12-8-20)22(17-39)18-2-4-19(28)5-3-18/h2-5,20-22,38-39H,1,6-17H2,(H2,30,34)(H,32,40)/t21-,22-/m0/s1. The molecule has 5 N–H and O–H groups in total. The predicted octanol–water partition coefficient (Wildman–Crippen LogP) is 1.87. The molecule has 2 atom stereocenters. The van der Waals surface area contributed by atoms with E-state index in [2.05, 4.69) is 41.7 Å². The summed E-state index contributed by atoms with van der Waals surface area (Å²) in [6.45, 7) is 8.21. The van der Waals surface area contributed by atoms with Crippen molar-refractivity contribution < 1.29 is 15.0 Å². The van der Waals surface area contributed by atoms with Crippen molar-refractivity contribution in [1.29, 1.82) is 0 Å². The zero-order chi connectivity index (χ0) is 28.6. The Morgan fingerprint density at radius 3 is 2.52 bits per heavy atom. The number of aliphatic imine (C=N–C) groups is 1. The van der Waals surface area contributed by atoms with Gasteiger partial charge in [-0.2, -0.15) is 0 Å². The Balaban J connectivity index is 1.43. The molecule has 13 heteroatoms. The number of carbonyl (C=O) groups is 1. The minimum absolute atomic E-state index is 0.00641. The first-order valence-electron chi connectivity index (χ1n) is 13.6. The van der Waals surface area contributed by atoms with E-state index in [1.165, 1.54) is 0 Å². The molecule has 40 heavy (non-hydrogen) atoms. The molecule has 2 aliphatic heterocycles. The summed E-state index contributed by atoms with van der Waals surface area (Å²) < 4.78 is 0. The van der Waals surface area contributed by atoms with E-state index in [1.807, 2.05) is 24.3 Å². The van der Waals surface area contributed by atoms with Crippen LogP contribution in [0.3, 0.4) is 0 Å². The number of carbonyl (C=O) groups excluding carboxylic acids is 1. The number of anilines is 2. The van der Waals surface area contributed by atoms with Crippen molar-refractivity contribution in [3.05, 3.63) is 45.7 Å². The van der Waals surface area contributed by atoms with Crippen molar-refractivity contribution in [3.8, 4) is 0 Å². The van der Waals surface area contributed by atoms with Crippen molar-refractivity contribution in [2.24, 2.45) is 4.99 Å². The van der Waals surface area contributed by atoms with Crippen molar-refractivity contribution in [2.45, 2.75) is 37.4 Å². The van der Waals surface area contributed by atoms with Gasteiger partial charge >= 0.3 is 0 Å². The van der Waals surface area contributed by atoms with Crippen LogP contribution in [0, 0.1) is 0 Å². The summed E-state index contributed by atoms with van der Waals surface area (Å²) in [6.07, 6.45) is 2.83. The van der Waals surface area contributed by atoms with Crippen LogP contribution in [-0.4, -0.2) is 114 Å². The van der Waals surface area contributed by atoms with E-state index < -0.39 is 5.91 Å². The summed E-state index contributed by atoms with van der Waals surface area (Å²) in [5.74, 6) is -0.0798. The number of nitrogens with one attached hydrogen (secondary N) is 1. The number of nitrogens with zero attached hydrogens (tertiary/aromatic N) is 6. The molecule has 218 valence electrons. The fourth-order valence-electron chi connectivity index (χ4n) is 5.73. The summed E-state index contributed by atoms with van der Waals surface area (Å²) in [4.78, 5) is 32.1. The monoisotopic (exact) mass is 592 g/mol. The molecule has 0 radical (unpaired) electrons. The third-order valence-corrected chi connectivity index (χ3v) is 8.27. The van der Waals surface area contributed by atoms with Crippen LogP contribution in [0.5, 0.6) is 0 Å². The summed E-state index contributed by atoms with van der Waals surface area (Å²) in [5, 5.41) is 22.4. The van der Waals surface area contributed by atoms with Gasteiger partial charge in [-0.1, -0.05) is 35.3 Å². The molecule has 2 fully saturated rings. The number of aliphatic hydroxyl groups excluding tert-OH is 2. The van der Waals surface area contributed by atoms with Gasteiger partial charge in [0.05, 0.1) is 19.3 Å². The maximum Gasteiger partial charge on any atom is 0.273 e. The van der Waals surface area contributed by atoms with Crippen LogP contribution >= 0.6 is 23.2 Å². The number of likely N-dealkylation sites (tertiary alicyclic amines) is 1. The van der Waals surface area contributed by atoms with E-state index in [0.29, 0.717) is 36.5 Å². The first-order chi connectivity index (χ1) is 19.4. The Bertz CT molecular complexity index is 1150. The highest BCUT2D eigenvalue weighted by Gasteiger charge is 2.36. The first kappa shape index (κ1) is 30.4. The van der Waals surface area contributed by atoms with E-state index in [1.54, 1.807) is 0 Å². The predicted molar refractivity (Wildman–Crippen MR) is 158 cm³/mol. The minimum atomic E-state index is -0.530. The zero-order valence-electron chi connectivity index (χ0n) is 22.6. The summed E-state index contributed by atoms with van der Waals surface area (Å²) in [5.41, 5.74) is 7.10. The highest BCUT2D eigenvalue weighted by atomic mass is 35.5. The number of hydrogen-bond donors (Lipinski definition) is 4. The van der Waals surface area contributed by atoms with E-state index in [0.717, 1.165) is 44.5 Å². The zero-order valence-corrected chi connectivity index (χ0v) is 24.1. The quantitative estimate of drug-likeness (QED) is 0.287. The SMILES string of the molecule is C=NCC[C@H]1CN(c2nc(N)c(C(=O)NCCO)nc2Cl)CCN1C1CCN([C@@H](CO)c2ccc(Cl)cc2)CC1. The molecule has 0 aliphatic carbocycles. The smallest absolute Gasteiger partial charge is 0.273 e. The highest BCUT2D eigenvalue weighted by Crippen LogP contribution is 2.32. The van der Waals surface area contributed by atoms with Gasteiger partial charge in [-0.15, -0.1) is 0 Å². The number of rotatable bonds is 11. The second kappa shape index (κ2) is 14.4. The Hall–Kier alpha value is -2.54. The topological polar surface area (TPSA) is 143 Å². The molecule has 11 nitrogen and oxygen atoms in total. The van der Waals surface area contributed by atoms with Gasteiger partial charge < -0.3 is 31.2 Å². The van der Waals surface area contributed by atoms with E-state index in [-0.39, 0.29) is 48.5 Å². The lowest BCUT2D eigenvalue weighted by Gasteiger charge is -2.48. The maximum atomic E-state index is 12.3. The Morgan fingerprint density at radius 1 is 1.15 bits per heavy atom. The van der Waals surface area contributed by atoms with Gasteiger partial charge in [0.1, 0.15) is 0 Å². The van der Waals surface area contributed by atoms with Gasteiger partial charge in [0.25, 0.3) is 5.91 Å². The number of nitrogen functional groups attached to an aromatic ring is 1. The number of piperazine rings is 1. The molecular weight excluding hydrogens is 555 g/mol. The first-order valence-corrected chi connectivity index (χ1v) is 14.4. The summed E-state index contributed by atoms with van der Waals surface area (Å²) >= 11 is 12.6. The third kappa shape index (κ3) is 7.20. The van der Waals surface area contributed by atoms with Gasteiger partial charge in [0, 0.05) is 62.9 Å². The summed E-state index contributed by atoms with van der Waals surface area (Å²) in [7, 11) is 0. The van der Waals surface area contributed by atoms with Crippen LogP contribution < -0.4 is 16.0 Å². The normalized spacial score (nSPS) is 19.9. The van der Waals surface area contributed by atoms with Crippen LogP contribution in [0.1, 0.15) is 41.4 Å². The van der Waals surface area contributed by atoms with Gasteiger partial charge in [-0.05, 0) is 43.7 Å². The second-order valence-corrected chi connectivity index (χ2v) is 10.9. The number of piperidine rings is 1. The van der Waals surface area contributed by atoms with E-state index >= 15 is 0 Å². The molecule has 0 spiro atoms. The molecule has 2 saturated heterocycles. The minimum Gasteiger partial charge on any atom is -0.395 e. The number of aliphatic hydroxyl groups is 2. The van der Waals surface area contributed by atoms with Gasteiger partial charge in [0.2, 0.25) is 0 Å². The van der Waals surface area contributed by atoms with Crippen LogP contribution in [-0.2, 0) is 0 Å². The Morgan fingerprint density at radius 2 is 1.88 bits per heavy atom. The van der Waals surface area contributed by atoms with Crippen LogP contribution in [0.15, 0.2) is 29.3 Å². The lowest BCUT2D eigenvalue weighted by molar-refractivity contribution is 0.0351. The van der Waals surface area contributed by atoms with E-state index in [9.17, 15) is 9.90 Å². The highest BCUT2D eigenvalue weighted by molar-refractivity contribution is 6.32. The number of benzene rings is 1. The Kier molecular flexibility index (Phi) is 10.9. The van der Waals surface area contributed by atoms with Crippen molar-refractivity contribution in [1.82, 2.24) is 25.1 Å². The van der Waals surface area contributed by atoms with Gasteiger partial charge in [-0.3, -0.25) is 14.6 Å². The molecule has 4 rings (SSSR count). The van der Waals surface area contributed by atoms with Crippen LogP contribution in [0.2, 0.25) is 10.2 Å². The number of hydrogen-bond acceptors (Lipinski definition) is 10. The lowest BCUT2D eigenvalue weighted by atomic mass is 9.95. The second-order valence-electron chi connectivity index (χ2n) is 10.1. The maximum absolute atomic E-state index is 12.3. The average Bonchev–Trinajstić information content (AvgIpc) is 2.97. The van der Waals surface area contributed by atoms with Crippen LogP contribution in [0.4, 0.5) is 11.6 Å². The van der Waals surface area contributed by atoms with Crippen molar-refractivity contribution in [3.63, 3.8) is 0 Å². The molecule has 3 heterocycles. The fourth-order valence-corrected chi connectivity index (χ4v) is 6.10. The lowest BCUT2D eigenvalue weighted by Crippen LogP contribution is -2.59. The van der Waals surface area contributed by atoms with Crippen molar-refractivity contribution >= 4 is 47.5 Å². The fraction of sp³-hybridized carbons (Fsp3) is 0.556. The molecule has 0 unspecified atom stereocenters. The molecule has 2 aromatic rings. The third-order valence-electron chi connectivity index (χ3n) is 7.76. The molecular formula is C27H38Cl2N8O3. The number of aromatic nitrogens is 2. The number of halogens is 2.